The van der Waals surface area contributed by atoms with Crippen molar-refractivity contribution in [1.82, 2.24) is 25.1 Å². The van der Waals surface area contributed by atoms with E-state index in [2.05, 4.69) is 20.4 Å². The van der Waals surface area contributed by atoms with E-state index in [0.717, 1.165) is 12.2 Å². The van der Waals surface area contributed by atoms with Crippen molar-refractivity contribution in [2.24, 2.45) is 5.92 Å². The summed E-state index contributed by atoms with van der Waals surface area (Å²) in [6.45, 7) is 2.56. The Morgan fingerprint density at radius 2 is 2.03 bits per heavy atom. The summed E-state index contributed by atoms with van der Waals surface area (Å²) in [6.07, 6.45) is 7.71. The molecule has 1 amide bonds. The molecule has 1 saturated carbocycles. The quantitative estimate of drug-likeness (QED) is 0.480. The van der Waals surface area contributed by atoms with Crippen molar-refractivity contribution in [3.05, 3.63) is 46.9 Å². The molecule has 152 valence electrons. The second kappa shape index (κ2) is 8.82. The third-order valence-corrected chi connectivity index (χ3v) is 6.35. The molecule has 1 aliphatic rings. The molecule has 2 aromatic heterocycles. The van der Waals surface area contributed by atoms with Gasteiger partial charge in [-0.25, -0.2) is 9.67 Å². The van der Waals surface area contributed by atoms with Gasteiger partial charge in [0.1, 0.15) is 5.39 Å². The Morgan fingerprint density at radius 1 is 1.28 bits per heavy atom. The van der Waals surface area contributed by atoms with Crippen LogP contribution in [0.3, 0.4) is 0 Å². The average Bonchev–Trinajstić information content (AvgIpc) is 3.18. The van der Waals surface area contributed by atoms with Crippen LogP contribution in [0.2, 0.25) is 0 Å². The monoisotopic (exact) mass is 411 g/mol. The van der Waals surface area contributed by atoms with Gasteiger partial charge in [-0.15, -0.1) is 0 Å². The molecule has 4 rings (SSSR count). The summed E-state index contributed by atoms with van der Waals surface area (Å²) >= 11 is 1.25. The topological polar surface area (TPSA) is 92.7 Å². The Morgan fingerprint density at radius 3 is 2.79 bits per heavy atom. The minimum atomic E-state index is -0.354. The second-order valence-corrected chi connectivity index (χ2v) is 8.84. The van der Waals surface area contributed by atoms with Crippen LogP contribution in [0.5, 0.6) is 0 Å². The molecule has 0 radical (unpaired) electrons. The van der Waals surface area contributed by atoms with Crippen molar-refractivity contribution in [1.29, 1.82) is 0 Å². The minimum absolute atomic E-state index is 0.0279. The van der Waals surface area contributed by atoms with Crippen LogP contribution in [0.25, 0.3) is 16.7 Å². The van der Waals surface area contributed by atoms with Crippen LogP contribution in [-0.2, 0) is 4.79 Å². The first-order valence-corrected chi connectivity index (χ1v) is 11.0. The molecule has 3 aromatic rings. The highest BCUT2D eigenvalue weighted by Gasteiger charge is 2.20. The molecule has 0 spiro atoms. The van der Waals surface area contributed by atoms with E-state index in [-0.39, 0.29) is 16.7 Å². The van der Waals surface area contributed by atoms with Crippen LogP contribution < -0.4 is 10.9 Å². The number of carbonyl (C=O) groups is 1. The van der Waals surface area contributed by atoms with Crippen LogP contribution in [0.4, 0.5) is 0 Å². The number of H-pyrrole nitrogens is 1. The van der Waals surface area contributed by atoms with Crippen molar-refractivity contribution in [2.45, 2.75) is 49.4 Å². The summed E-state index contributed by atoms with van der Waals surface area (Å²) in [6, 6.07) is 9.55. The number of hydrogen-bond donors (Lipinski definition) is 2. The lowest BCUT2D eigenvalue weighted by Gasteiger charge is -2.22. The number of aromatic amines is 1. The van der Waals surface area contributed by atoms with Crippen molar-refractivity contribution >= 4 is 28.7 Å². The molecular formula is C21H25N5O2S. The standard InChI is InChI=1S/C21H25N5O2S/c1-14(19(27)22-12-15-8-4-2-5-9-15)29-21-24-18-17(20(28)25-21)13-23-26(18)16-10-6-3-7-11-16/h3,6-7,10-11,13-15H,2,4-5,8-9,12H2,1H3,(H,22,27)(H,24,25,28). The third-order valence-electron chi connectivity index (χ3n) is 5.36. The zero-order valence-electron chi connectivity index (χ0n) is 16.4. The predicted octanol–water partition coefficient (Wildman–Crippen LogP) is 3.29. The van der Waals surface area contributed by atoms with Gasteiger partial charge in [0.15, 0.2) is 10.8 Å². The summed E-state index contributed by atoms with van der Waals surface area (Å²) in [7, 11) is 0. The number of benzene rings is 1. The highest BCUT2D eigenvalue weighted by Crippen LogP contribution is 2.24. The molecule has 29 heavy (non-hydrogen) atoms. The van der Waals surface area contributed by atoms with Crippen LogP contribution in [0.1, 0.15) is 39.0 Å². The number of hydrogen-bond acceptors (Lipinski definition) is 5. The number of nitrogens with zero attached hydrogens (tertiary/aromatic N) is 3. The first kappa shape index (κ1) is 19.7. The maximum absolute atomic E-state index is 12.5. The number of aromatic nitrogens is 4. The summed E-state index contributed by atoms with van der Waals surface area (Å²) in [4.78, 5) is 32.3. The molecule has 2 N–H and O–H groups in total. The number of thioether (sulfide) groups is 1. The van der Waals surface area contributed by atoms with E-state index in [9.17, 15) is 9.59 Å². The Balaban J connectivity index is 1.48. The lowest BCUT2D eigenvalue weighted by atomic mass is 9.89. The van der Waals surface area contributed by atoms with Gasteiger partial charge in [0.05, 0.1) is 17.1 Å². The molecule has 8 heteroatoms. The zero-order chi connectivity index (χ0) is 20.2. The van der Waals surface area contributed by atoms with E-state index in [0.29, 0.717) is 22.1 Å². The van der Waals surface area contributed by atoms with Crippen LogP contribution in [-0.4, -0.2) is 37.5 Å². The van der Waals surface area contributed by atoms with Crippen LogP contribution in [0.15, 0.2) is 46.5 Å². The first-order valence-electron chi connectivity index (χ1n) is 10.1. The maximum atomic E-state index is 12.5. The molecule has 7 nitrogen and oxygen atoms in total. The van der Waals surface area contributed by atoms with Crippen molar-refractivity contribution in [2.75, 3.05) is 6.54 Å². The Labute approximate surface area is 173 Å². The Bertz CT molecular complexity index is 1040. The average molecular weight is 412 g/mol. The van der Waals surface area contributed by atoms with E-state index in [1.54, 1.807) is 4.68 Å². The molecule has 1 fully saturated rings. The molecule has 1 atom stereocenters. The van der Waals surface area contributed by atoms with Gasteiger partial charge in [0.2, 0.25) is 5.91 Å². The van der Waals surface area contributed by atoms with Gasteiger partial charge in [-0.05, 0) is 37.8 Å². The molecule has 0 bridgehead atoms. The van der Waals surface area contributed by atoms with Gasteiger partial charge in [0, 0.05) is 6.54 Å². The smallest absolute Gasteiger partial charge is 0.262 e. The number of para-hydroxylation sites is 1. The first-order chi connectivity index (χ1) is 14.1. The van der Waals surface area contributed by atoms with Gasteiger partial charge in [0.25, 0.3) is 5.56 Å². The fourth-order valence-electron chi connectivity index (χ4n) is 3.71. The lowest BCUT2D eigenvalue weighted by molar-refractivity contribution is -0.120. The van der Waals surface area contributed by atoms with E-state index >= 15 is 0 Å². The molecule has 1 aromatic carbocycles. The fraction of sp³-hybridized carbons (Fsp3) is 0.429. The van der Waals surface area contributed by atoms with E-state index in [4.69, 9.17) is 0 Å². The maximum Gasteiger partial charge on any atom is 0.262 e. The highest BCUT2D eigenvalue weighted by atomic mass is 32.2. The molecule has 0 aliphatic heterocycles. The molecule has 1 unspecified atom stereocenters. The Hall–Kier alpha value is -2.61. The van der Waals surface area contributed by atoms with E-state index < -0.39 is 0 Å². The van der Waals surface area contributed by atoms with Crippen molar-refractivity contribution in [3.63, 3.8) is 0 Å². The summed E-state index contributed by atoms with van der Waals surface area (Å²) in [5.41, 5.74) is 1.06. The molecule has 1 aliphatic carbocycles. The number of fused-ring (bicyclic) bond motifs is 1. The highest BCUT2D eigenvalue weighted by molar-refractivity contribution is 8.00. The normalized spacial score (nSPS) is 16.0. The third kappa shape index (κ3) is 4.53. The number of rotatable bonds is 6. The van der Waals surface area contributed by atoms with Crippen molar-refractivity contribution in [3.8, 4) is 5.69 Å². The summed E-state index contributed by atoms with van der Waals surface area (Å²) < 4.78 is 1.64. The SMILES string of the molecule is CC(Sc1nc2c(cnn2-c2ccccc2)c(=O)[nH]1)C(=O)NCC1CCCCC1. The van der Waals surface area contributed by atoms with Gasteiger partial charge >= 0.3 is 0 Å². The van der Waals surface area contributed by atoms with Crippen molar-refractivity contribution < 1.29 is 4.79 Å². The van der Waals surface area contributed by atoms with E-state index in [1.165, 1.54) is 50.1 Å². The van der Waals surface area contributed by atoms with Crippen LogP contribution in [0, 0.1) is 5.92 Å². The van der Waals surface area contributed by atoms with Gasteiger partial charge in [-0.3, -0.25) is 9.59 Å². The zero-order valence-corrected chi connectivity index (χ0v) is 17.2. The summed E-state index contributed by atoms with van der Waals surface area (Å²) in [5, 5.41) is 7.85. The number of amides is 1. The molecule has 2 heterocycles. The number of nitrogens with one attached hydrogen (secondary N) is 2. The second-order valence-electron chi connectivity index (χ2n) is 7.51. The largest absolute Gasteiger partial charge is 0.355 e. The van der Waals surface area contributed by atoms with Gasteiger partial charge in [-0.2, -0.15) is 5.10 Å². The Kier molecular flexibility index (Phi) is 5.99. The fourth-order valence-corrected chi connectivity index (χ4v) is 4.53. The van der Waals surface area contributed by atoms with Gasteiger partial charge in [-0.1, -0.05) is 49.2 Å². The minimum Gasteiger partial charge on any atom is -0.355 e. The molecular weight excluding hydrogens is 386 g/mol. The van der Waals surface area contributed by atoms with Gasteiger partial charge < -0.3 is 10.3 Å². The lowest BCUT2D eigenvalue weighted by Crippen LogP contribution is -2.35. The van der Waals surface area contributed by atoms with E-state index in [1.807, 2.05) is 37.3 Å². The van der Waals surface area contributed by atoms with Crippen LogP contribution >= 0.6 is 11.8 Å². The molecule has 0 saturated heterocycles. The predicted molar refractivity (Wildman–Crippen MR) is 114 cm³/mol. The summed E-state index contributed by atoms with van der Waals surface area (Å²) in [5.74, 6) is 0.555. The number of carbonyl (C=O) groups excluding carboxylic acids is 1.